The number of pyridine rings is 1. The average molecular weight is 409 g/mol. The molecule has 8 nitrogen and oxygen atoms in total. The number of aromatic nitrogens is 1. The maximum atomic E-state index is 12.7. The smallest absolute Gasteiger partial charge is 0.242 e. The van der Waals surface area contributed by atoms with Crippen LogP contribution in [0.15, 0.2) is 41.4 Å². The Hall–Kier alpha value is -2.30. The predicted octanol–water partition coefficient (Wildman–Crippen LogP) is 1.24. The van der Waals surface area contributed by atoms with E-state index in [1.54, 1.807) is 38.2 Å². The summed E-state index contributed by atoms with van der Waals surface area (Å²) in [6, 6.07) is 8.01. The summed E-state index contributed by atoms with van der Waals surface area (Å²) >= 11 is 0. The second-order valence-electron chi connectivity index (χ2n) is 6.28. The Balaban J connectivity index is 1.94. The highest BCUT2D eigenvalue weighted by molar-refractivity contribution is 7.94. The van der Waals surface area contributed by atoms with E-state index in [4.69, 9.17) is 0 Å². The molecule has 1 aromatic heterocycles. The first kappa shape index (κ1) is 19.5. The van der Waals surface area contributed by atoms with Gasteiger partial charge in [0.25, 0.3) is 0 Å². The predicted molar refractivity (Wildman–Crippen MR) is 100 cm³/mol. The van der Waals surface area contributed by atoms with Gasteiger partial charge < -0.3 is 0 Å². The van der Waals surface area contributed by atoms with Gasteiger partial charge in [-0.1, -0.05) is 6.07 Å². The molecule has 0 saturated carbocycles. The van der Waals surface area contributed by atoms with E-state index in [-0.39, 0.29) is 29.3 Å². The SMILES string of the molecule is Cc1cc(N2C(=O)CCS2(=O)=O)cc(C)c1S(=O)(=O)NCc1ccccn1. The average Bonchev–Trinajstić information content (AvgIpc) is 2.86. The lowest BCUT2D eigenvalue weighted by Gasteiger charge is -2.19. The molecule has 1 N–H and O–H groups in total. The van der Waals surface area contributed by atoms with Crippen molar-refractivity contribution in [1.82, 2.24) is 9.71 Å². The van der Waals surface area contributed by atoms with Gasteiger partial charge in [0.2, 0.25) is 26.0 Å². The van der Waals surface area contributed by atoms with E-state index in [0.29, 0.717) is 16.8 Å². The summed E-state index contributed by atoms with van der Waals surface area (Å²) in [7, 11) is -7.55. The van der Waals surface area contributed by atoms with Crippen molar-refractivity contribution < 1.29 is 21.6 Å². The Bertz CT molecular complexity index is 1070. The number of rotatable bonds is 5. The van der Waals surface area contributed by atoms with Crippen LogP contribution in [0.4, 0.5) is 5.69 Å². The number of carbonyl (C=O) groups is 1. The third-order valence-electron chi connectivity index (χ3n) is 4.20. The fraction of sp³-hybridized carbons (Fsp3) is 0.294. The number of hydrogen-bond donors (Lipinski definition) is 1. The molecule has 1 amide bonds. The minimum atomic E-state index is -3.85. The van der Waals surface area contributed by atoms with E-state index < -0.39 is 26.0 Å². The number of amides is 1. The monoisotopic (exact) mass is 409 g/mol. The highest BCUT2D eigenvalue weighted by Gasteiger charge is 2.37. The second-order valence-corrected chi connectivity index (χ2v) is 9.92. The number of nitrogens with one attached hydrogen (secondary N) is 1. The van der Waals surface area contributed by atoms with Crippen LogP contribution in [-0.2, 0) is 31.4 Å². The van der Waals surface area contributed by atoms with Crippen molar-refractivity contribution >= 4 is 31.6 Å². The second kappa shape index (κ2) is 7.02. The first-order valence-corrected chi connectivity index (χ1v) is 11.3. The fourth-order valence-electron chi connectivity index (χ4n) is 3.08. The first-order chi connectivity index (χ1) is 12.6. The van der Waals surface area contributed by atoms with Gasteiger partial charge in [-0.3, -0.25) is 9.78 Å². The number of hydrogen-bond acceptors (Lipinski definition) is 6. The zero-order chi connectivity index (χ0) is 19.8. The quantitative estimate of drug-likeness (QED) is 0.795. The number of anilines is 1. The molecule has 0 unspecified atom stereocenters. The Morgan fingerprint density at radius 3 is 2.37 bits per heavy atom. The highest BCUT2D eigenvalue weighted by atomic mass is 32.2. The minimum Gasteiger partial charge on any atom is -0.273 e. The van der Waals surface area contributed by atoms with Gasteiger partial charge in [-0.2, -0.15) is 0 Å². The Labute approximate surface area is 158 Å². The number of aryl methyl sites for hydroxylation is 2. The first-order valence-electron chi connectivity index (χ1n) is 8.18. The molecule has 0 radical (unpaired) electrons. The largest absolute Gasteiger partial charge is 0.273 e. The van der Waals surface area contributed by atoms with Crippen molar-refractivity contribution in [2.24, 2.45) is 0 Å². The van der Waals surface area contributed by atoms with Crippen LogP contribution >= 0.6 is 0 Å². The standard InChI is InChI=1S/C17H19N3O5S2/c1-12-9-15(20-16(21)6-8-26(20,22)23)10-13(2)17(12)27(24,25)19-11-14-5-3-4-7-18-14/h3-5,7,9-10,19H,6,8,11H2,1-2H3. The van der Waals surface area contributed by atoms with Gasteiger partial charge in [0.05, 0.1) is 28.6 Å². The summed E-state index contributed by atoms with van der Waals surface area (Å²) in [6.45, 7) is 3.17. The lowest BCUT2D eigenvalue weighted by molar-refractivity contribution is -0.116. The molecular weight excluding hydrogens is 390 g/mol. The zero-order valence-electron chi connectivity index (χ0n) is 14.8. The normalized spacial score (nSPS) is 16.7. The van der Waals surface area contributed by atoms with Crippen LogP contribution < -0.4 is 9.03 Å². The Morgan fingerprint density at radius 2 is 1.85 bits per heavy atom. The van der Waals surface area contributed by atoms with Gasteiger partial charge >= 0.3 is 0 Å². The summed E-state index contributed by atoms with van der Waals surface area (Å²) in [5.41, 5.74) is 1.44. The molecule has 0 aliphatic carbocycles. The molecule has 2 aromatic rings. The molecule has 144 valence electrons. The molecule has 1 aromatic carbocycles. The van der Waals surface area contributed by atoms with Gasteiger partial charge in [0.15, 0.2) is 0 Å². The van der Waals surface area contributed by atoms with E-state index in [0.717, 1.165) is 4.31 Å². The number of sulfonamides is 2. The molecule has 0 spiro atoms. The minimum absolute atomic E-state index is 0.0306. The molecule has 0 bridgehead atoms. The summed E-state index contributed by atoms with van der Waals surface area (Å²) < 4.78 is 52.9. The lowest BCUT2D eigenvalue weighted by atomic mass is 10.1. The fourth-order valence-corrected chi connectivity index (χ4v) is 5.97. The van der Waals surface area contributed by atoms with Crippen LogP contribution in [0.3, 0.4) is 0 Å². The van der Waals surface area contributed by atoms with Crippen molar-refractivity contribution in [2.45, 2.75) is 31.7 Å². The van der Waals surface area contributed by atoms with E-state index >= 15 is 0 Å². The summed E-state index contributed by atoms with van der Waals surface area (Å²) in [6.07, 6.45) is 1.49. The van der Waals surface area contributed by atoms with Crippen LogP contribution in [0.1, 0.15) is 23.2 Å². The van der Waals surface area contributed by atoms with Crippen LogP contribution in [0, 0.1) is 13.8 Å². The molecule has 27 heavy (non-hydrogen) atoms. The Morgan fingerprint density at radius 1 is 1.19 bits per heavy atom. The van der Waals surface area contributed by atoms with E-state index in [1.165, 1.54) is 12.1 Å². The van der Waals surface area contributed by atoms with Gasteiger partial charge in [0, 0.05) is 12.6 Å². The zero-order valence-corrected chi connectivity index (χ0v) is 16.5. The number of benzene rings is 1. The van der Waals surface area contributed by atoms with Gasteiger partial charge in [0.1, 0.15) is 0 Å². The van der Waals surface area contributed by atoms with Crippen molar-refractivity contribution in [1.29, 1.82) is 0 Å². The van der Waals surface area contributed by atoms with Crippen LogP contribution in [0.25, 0.3) is 0 Å². The van der Waals surface area contributed by atoms with Gasteiger partial charge in [-0.15, -0.1) is 0 Å². The third-order valence-corrected chi connectivity index (χ3v) is 7.59. The van der Waals surface area contributed by atoms with Crippen LogP contribution in [-0.4, -0.2) is 33.5 Å². The molecular formula is C17H19N3O5S2. The van der Waals surface area contributed by atoms with Crippen molar-refractivity contribution in [3.63, 3.8) is 0 Å². The van der Waals surface area contributed by atoms with Crippen LogP contribution in [0.2, 0.25) is 0 Å². The number of carbonyl (C=O) groups excluding carboxylic acids is 1. The van der Waals surface area contributed by atoms with E-state index in [9.17, 15) is 21.6 Å². The van der Waals surface area contributed by atoms with Crippen LogP contribution in [0.5, 0.6) is 0 Å². The maximum absolute atomic E-state index is 12.7. The molecule has 1 fully saturated rings. The maximum Gasteiger partial charge on any atom is 0.242 e. The summed E-state index contributed by atoms with van der Waals surface area (Å²) in [4.78, 5) is 16.1. The summed E-state index contributed by atoms with van der Waals surface area (Å²) in [5, 5.41) is 0. The molecule has 0 atom stereocenters. The number of nitrogens with zero attached hydrogens (tertiary/aromatic N) is 2. The molecule has 2 heterocycles. The van der Waals surface area contributed by atoms with Gasteiger partial charge in [-0.25, -0.2) is 25.9 Å². The van der Waals surface area contributed by atoms with Gasteiger partial charge in [-0.05, 0) is 49.2 Å². The third kappa shape index (κ3) is 3.87. The Kier molecular flexibility index (Phi) is 5.06. The lowest BCUT2D eigenvalue weighted by Crippen LogP contribution is -2.30. The molecule has 3 rings (SSSR count). The molecule has 1 saturated heterocycles. The topological polar surface area (TPSA) is 114 Å². The molecule has 10 heteroatoms. The van der Waals surface area contributed by atoms with E-state index in [2.05, 4.69) is 9.71 Å². The highest BCUT2D eigenvalue weighted by Crippen LogP contribution is 2.31. The van der Waals surface area contributed by atoms with Crippen molar-refractivity contribution in [3.05, 3.63) is 53.3 Å². The molecule has 1 aliphatic rings. The van der Waals surface area contributed by atoms with Crippen molar-refractivity contribution in [3.8, 4) is 0 Å². The van der Waals surface area contributed by atoms with E-state index in [1.807, 2.05) is 0 Å². The van der Waals surface area contributed by atoms with Crippen molar-refractivity contribution in [2.75, 3.05) is 10.1 Å². The summed E-state index contributed by atoms with van der Waals surface area (Å²) in [5.74, 6) is -0.756. The molecule has 1 aliphatic heterocycles.